The van der Waals surface area contributed by atoms with Gasteiger partial charge in [0.05, 0.1) is 13.2 Å². The van der Waals surface area contributed by atoms with Gasteiger partial charge in [0.15, 0.2) is 5.78 Å². The molecule has 1 saturated heterocycles. The van der Waals surface area contributed by atoms with Crippen LogP contribution in [0.25, 0.3) is 0 Å². The molecule has 4 heteroatoms. The normalized spacial score (nSPS) is 22.6. The van der Waals surface area contributed by atoms with Gasteiger partial charge in [-0.25, -0.2) is 4.79 Å². The van der Waals surface area contributed by atoms with Gasteiger partial charge in [-0.3, -0.25) is 9.69 Å². The number of Topliss-reactive ketones (excluding diaryl/α,β-unsaturated/α-hetero) is 1. The Labute approximate surface area is 77.8 Å². The van der Waals surface area contributed by atoms with Gasteiger partial charge in [-0.15, -0.1) is 0 Å². The van der Waals surface area contributed by atoms with Gasteiger partial charge in [0, 0.05) is 13.0 Å². The predicted octanol–water partition coefficient (Wildman–Crippen LogP) is 1.05. The van der Waals surface area contributed by atoms with Gasteiger partial charge >= 0.3 is 6.09 Å². The van der Waals surface area contributed by atoms with E-state index < -0.39 is 6.09 Å². The molecule has 0 saturated carbocycles. The fourth-order valence-corrected chi connectivity index (χ4v) is 1.75. The Balaban J connectivity index is 2.75. The average molecular weight is 185 g/mol. The Morgan fingerprint density at radius 1 is 1.62 bits per heavy atom. The summed E-state index contributed by atoms with van der Waals surface area (Å²) in [5, 5.41) is 0. The number of rotatable bonds is 1. The number of carbonyl (C=O) groups excluding carboxylic acids is 2. The Morgan fingerprint density at radius 2 is 2.23 bits per heavy atom. The van der Waals surface area contributed by atoms with Gasteiger partial charge in [0.25, 0.3) is 0 Å². The lowest BCUT2D eigenvalue weighted by atomic mass is 10.0. The van der Waals surface area contributed by atoms with Crippen molar-refractivity contribution in [1.82, 2.24) is 4.90 Å². The number of methoxy groups -OCH3 is 1. The van der Waals surface area contributed by atoms with Crippen LogP contribution in [-0.4, -0.2) is 36.5 Å². The van der Waals surface area contributed by atoms with Crippen molar-refractivity contribution in [3.8, 4) is 0 Å². The lowest BCUT2D eigenvalue weighted by molar-refractivity contribution is -0.120. The number of ether oxygens (including phenoxy) is 1. The molecule has 1 amide bonds. The summed E-state index contributed by atoms with van der Waals surface area (Å²) in [6.07, 6.45) is 0.0577. The van der Waals surface area contributed by atoms with Gasteiger partial charge in [-0.05, 0) is 5.92 Å². The summed E-state index contributed by atoms with van der Waals surface area (Å²) in [6, 6.07) is -0.285. The number of hydrogen-bond acceptors (Lipinski definition) is 3. The van der Waals surface area contributed by atoms with Crippen molar-refractivity contribution in [3.63, 3.8) is 0 Å². The molecule has 74 valence electrons. The Bertz CT molecular complexity index is 225. The molecule has 1 fully saturated rings. The fraction of sp³-hybridized carbons (Fsp3) is 0.778. The van der Waals surface area contributed by atoms with E-state index in [0.717, 1.165) is 0 Å². The van der Waals surface area contributed by atoms with E-state index in [0.29, 0.717) is 13.0 Å². The molecule has 1 heterocycles. The van der Waals surface area contributed by atoms with Crippen LogP contribution in [0.2, 0.25) is 0 Å². The second kappa shape index (κ2) is 3.77. The first kappa shape index (κ1) is 10.0. The molecule has 0 aromatic carbocycles. The minimum atomic E-state index is -0.399. The zero-order valence-electron chi connectivity index (χ0n) is 8.24. The van der Waals surface area contributed by atoms with Crippen LogP contribution in [0, 0.1) is 5.92 Å². The van der Waals surface area contributed by atoms with Crippen LogP contribution in [0.15, 0.2) is 0 Å². The molecule has 1 atom stereocenters. The standard InChI is InChI=1S/C9H15NO3/c1-6(2)8-7(11)4-5-10(8)9(12)13-3/h6,8H,4-5H2,1-3H3. The van der Waals surface area contributed by atoms with E-state index >= 15 is 0 Å². The lowest BCUT2D eigenvalue weighted by Gasteiger charge is -2.24. The van der Waals surface area contributed by atoms with E-state index in [4.69, 9.17) is 0 Å². The van der Waals surface area contributed by atoms with Crippen LogP contribution >= 0.6 is 0 Å². The van der Waals surface area contributed by atoms with Crippen molar-refractivity contribution in [2.75, 3.05) is 13.7 Å². The highest BCUT2D eigenvalue weighted by Gasteiger charge is 2.37. The van der Waals surface area contributed by atoms with Crippen molar-refractivity contribution in [2.45, 2.75) is 26.3 Å². The van der Waals surface area contributed by atoms with Crippen LogP contribution in [-0.2, 0) is 9.53 Å². The fourth-order valence-electron chi connectivity index (χ4n) is 1.75. The topological polar surface area (TPSA) is 46.6 Å². The average Bonchev–Trinajstić information content (AvgIpc) is 2.45. The first-order valence-electron chi connectivity index (χ1n) is 4.45. The molecule has 0 aliphatic carbocycles. The van der Waals surface area contributed by atoms with Gasteiger partial charge in [-0.2, -0.15) is 0 Å². The second-order valence-electron chi connectivity index (χ2n) is 3.57. The predicted molar refractivity (Wildman–Crippen MR) is 47.4 cm³/mol. The second-order valence-corrected chi connectivity index (χ2v) is 3.57. The molecule has 0 radical (unpaired) electrons. The molecule has 0 spiro atoms. The molecule has 1 rings (SSSR count). The maximum absolute atomic E-state index is 11.4. The molecule has 1 unspecified atom stereocenters. The molecule has 0 aromatic heterocycles. The van der Waals surface area contributed by atoms with Crippen LogP contribution in [0.1, 0.15) is 20.3 Å². The number of nitrogens with zero attached hydrogens (tertiary/aromatic N) is 1. The molecule has 0 bridgehead atoms. The number of ketones is 1. The number of amides is 1. The van der Waals surface area contributed by atoms with E-state index in [1.807, 2.05) is 13.8 Å². The van der Waals surface area contributed by atoms with Crippen LogP contribution in [0.4, 0.5) is 4.79 Å². The number of likely N-dealkylation sites (tertiary alicyclic amines) is 1. The summed E-state index contributed by atoms with van der Waals surface area (Å²) in [5.74, 6) is 0.300. The summed E-state index contributed by atoms with van der Waals surface area (Å²) in [5.41, 5.74) is 0. The third kappa shape index (κ3) is 1.82. The lowest BCUT2D eigenvalue weighted by Crippen LogP contribution is -2.41. The van der Waals surface area contributed by atoms with E-state index in [1.165, 1.54) is 12.0 Å². The third-order valence-electron chi connectivity index (χ3n) is 2.31. The van der Waals surface area contributed by atoms with Crippen LogP contribution in [0.3, 0.4) is 0 Å². The SMILES string of the molecule is COC(=O)N1CCC(=O)C1C(C)C. The van der Waals surface area contributed by atoms with E-state index in [-0.39, 0.29) is 17.7 Å². The summed E-state index contributed by atoms with van der Waals surface area (Å²) in [6.45, 7) is 4.36. The zero-order chi connectivity index (χ0) is 10.0. The quantitative estimate of drug-likeness (QED) is 0.613. The van der Waals surface area contributed by atoms with Crippen molar-refractivity contribution >= 4 is 11.9 Å². The van der Waals surface area contributed by atoms with Crippen molar-refractivity contribution in [1.29, 1.82) is 0 Å². The number of hydrogen-bond donors (Lipinski definition) is 0. The maximum atomic E-state index is 11.4. The summed E-state index contributed by atoms with van der Waals surface area (Å²) in [4.78, 5) is 24.1. The molecule has 13 heavy (non-hydrogen) atoms. The zero-order valence-corrected chi connectivity index (χ0v) is 8.24. The highest BCUT2D eigenvalue weighted by molar-refractivity contribution is 5.90. The van der Waals surface area contributed by atoms with Crippen molar-refractivity contribution in [3.05, 3.63) is 0 Å². The molecular weight excluding hydrogens is 170 g/mol. The number of carbonyl (C=O) groups is 2. The van der Waals surface area contributed by atoms with Crippen LogP contribution in [0.5, 0.6) is 0 Å². The van der Waals surface area contributed by atoms with Gasteiger partial charge in [0.1, 0.15) is 0 Å². The summed E-state index contributed by atoms with van der Waals surface area (Å²) in [7, 11) is 1.34. The molecule has 1 aliphatic rings. The highest BCUT2D eigenvalue weighted by atomic mass is 16.5. The highest BCUT2D eigenvalue weighted by Crippen LogP contribution is 2.21. The maximum Gasteiger partial charge on any atom is 0.410 e. The van der Waals surface area contributed by atoms with E-state index in [1.54, 1.807) is 0 Å². The van der Waals surface area contributed by atoms with Crippen molar-refractivity contribution < 1.29 is 14.3 Å². The first-order valence-corrected chi connectivity index (χ1v) is 4.45. The monoisotopic (exact) mass is 185 g/mol. The summed E-state index contributed by atoms with van der Waals surface area (Å²) >= 11 is 0. The Hall–Kier alpha value is -1.06. The van der Waals surface area contributed by atoms with E-state index in [9.17, 15) is 9.59 Å². The Kier molecular flexibility index (Phi) is 2.90. The molecule has 0 N–H and O–H groups in total. The largest absolute Gasteiger partial charge is 0.453 e. The molecular formula is C9H15NO3. The Morgan fingerprint density at radius 3 is 2.69 bits per heavy atom. The van der Waals surface area contributed by atoms with Gasteiger partial charge in [0.2, 0.25) is 0 Å². The van der Waals surface area contributed by atoms with Crippen LogP contribution < -0.4 is 0 Å². The third-order valence-corrected chi connectivity index (χ3v) is 2.31. The smallest absolute Gasteiger partial charge is 0.410 e. The first-order chi connectivity index (χ1) is 6.07. The molecule has 1 aliphatic heterocycles. The minimum Gasteiger partial charge on any atom is -0.453 e. The van der Waals surface area contributed by atoms with Gasteiger partial charge < -0.3 is 4.74 Å². The molecule has 0 aromatic rings. The van der Waals surface area contributed by atoms with Gasteiger partial charge in [-0.1, -0.05) is 13.8 Å². The van der Waals surface area contributed by atoms with E-state index in [2.05, 4.69) is 4.74 Å². The minimum absolute atomic E-state index is 0.139. The molecule has 4 nitrogen and oxygen atoms in total. The summed E-state index contributed by atoms with van der Waals surface area (Å²) < 4.78 is 4.60. The van der Waals surface area contributed by atoms with Crippen molar-refractivity contribution in [2.24, 2.45) is 5.92 Å².